The molecular weight excluding hydrogens is 745 g/mol. The van der Waals surface area contributed by atoms with Gasteiger partial charge in [0.15, 0.2) is 17.5 Å². The molecule has 61 heavy (non-hydrogen) atoms. The Morgan fingerprint density at radius 3 is 1.61 bits per heavy atom. The quantitative estimate of drug-likeness (QED) is 0.179. The molecule has 1 aliphatic heterocycles. The first kappa shape index (κ1) is 33.8. The number of aromatic nitrogens is 4. The number of hydrogen-bond donors (Lipinski definition) is 0. The number of nitrogens with zero attached hydrogens (tertiary/aromatic N) is 4. The second-order valence-electron chi connectivity index (χ2n) is 15.9. The van der Waals surface area contributed by atoms with Gasteiger partial charge in [-0.25, -0.2) is 15.0 Å². The molecule has 0 bridgehead atoms. The van der Waals surface area contributed by atoms with Gasteiger partial charge >= 0.3 is 0 Å². The zero-order chi connectivity index (χ0) is 40.1. The van der Waals surface area contributed by atoms with E-state index in [1.165, 1.54) is 33.0 Å². The van der Waals surface area contributed by atoms with Crippen LogP contribution in [0, 0.1) is 0 Å². The van der Waals surface area contributed by atoms with E-state index in [1.54, 1.807) is 0 Å². The van der Waals surface area contributed by atoms with Crippen molar-refractivity contribution < 1.29 is 4.74 Å². The standard InChI is InChI=1S/C56H34N4O/c1-3-16-35(17-4-1)53-57-54(36-18-5-2-6-19-36)59-55(58-53)42-23-15-27-48-52(42)43-32-37-20-7-8-21-38(37)33-49(43)60(48)39-30-31-41-40-22-9-10-24-44(40)56(47(41)34-39)45-25-11-13-28-50(45)61-51-29-14-12-26-46(51)56/h1-34H. The first-order chi connectivity index (χ1) is 30.2. The smallest absolute Gasteiger partial charge is 0.164 e. The highest BCUT2D eigenvalue weighted by Crippen LogP contribution is 2.62. The summed E-state index contributed by atoms with van der Waals surface area (Å²) in [4.78, 5) is 15.5. The Bertz CT molecular complexity index is 3470. The molecule has 5 nitrogen and oxygen atoms in total. The molecular formula is C56H34N4O. The number of para-hydroxylation sites is 2. The fourth-order valence-electron chi connectivity index (χ4n) is 10.1. The minimum absolute atomic E-state index is 0.587. The SMILES string of the molecule is c1ccc(-c2nc(-c3ccccc3)nc(-c3cccc4c3c3cc5ccccc5cc3n4-c3ccc4c(c3)C3(c5ccccc5Oc5ccccc53)c3ccccc3-4)n2)cc1. The Kier molecular flexibility index (Phi) is 7.16. The molecule has 13 rings (SSSR count). The van der Waals surface area contributed by atoms with E-state index in [4.69, 9.17) is 19.7 Å². The van der Waals surface area contributed by atoms with Crippen LogP contribution in [-0.2, 0) is 5.41 Å². The van der Waals surface area contributed by atoms with Crippen molar-refractivity contribution in [3.63, 3.8) is 0 Å². The van der Waals surface area contributed by atoms with Crippen molar-refractivity contribution in [2.45, 2.75) is 5.41 Å². The van der Waals surface area contributed by atoms with Crippen LogP contribution in [0.1, 0.15) is 22.3 Å². The normalized spacial score (nSPS) is 13.2. The lowest BCUT2D eigenvalue weighted by Crippen LogP contribution is -2.32. The Balaban J connectivity index is 1.12. The van der Waals surface area contributed by atoms with Gasteiger partial charge in [-0.05, 0) is 75.5 Å². The zero-order valence-corrected chi connectivity index (χ0v) is 32.8. The van der Waals surface area contributed by atoms with E-state index in [1.807, 2.05) is 36.4 Å². The molecule has 0 saturated heterocycles. The van der Waals surface area contributed by atoms with E-state index in [-0.39, 0.29) is 0 Å². The van der Waals surface area contributed by atoms with Gasteiger partial charge in [-0.1, -0.05) is 164 Å². The van der Waals surface area contributed by atoms with Crippen LogP contribution in [0.25, 0.3) is 83.6 Å². The molecule has 5 heteroatoms. The molecule has 2 aromatic heterocycles. The van der Waals surface area contributed by atoms with Crippen LogP contribution >= 0.6 is 0 Å². The summed E-state index contributed by atoms with van der Waals surface area (Å²) in [6, 6.07) is 73.2. The van der Waals surface area contributed by atoms with Crippen molar-refractivity contribution in [3.05, 3.63) is 229 Å². The third-order valence-corrected chi connectivity index (χ3v) is 12.7. The first-order valence-electron chi connectivity index (χ1n) is 20.7. The lowest BCUT2D eigenvalue weighted by Gasteiger charge is -2.39. The maximum atomic E-state index is 6.66. The summed E-state index contributed by atoms with van der Waals surface area (Å²) < 4.78 is 9.10. The number of hydrogen-bond acceptors (Lipinski definition) is 4. The Hall–Kier alpha value is -8.15. The second kappa shape index (κ2) is 12.9. The summed E-state index contributed by atoms with van der Waals surface area (Å²) in [5.41, 5.74) is 12.7. The van der Waals surface area contributed by atoms with Crippen molar-refractivity contribution in [1.82, 2.24) is 19.5 Å². The Morgan fingerprint density at radius 2 is 0.918 bits per heavy atom. The van der Waals surface area contributed by atoms with Gasteiger partial charge in [-0.15, -0.1) is 0 Å². The van der Waals surface area contributed by atoms with Crippen molar-refractivity contribution in [3.8, 4) is 62.5 Å². The van der Waals surface area contributed by atoms with E-state index in [0.717, 1.165) is 66.8 Å². The minimum Gasteiger partial charge on any atom is -0.457 e. The highest BCUT2D eigenvalue weighted by Gasteiger charge is 2.51. The van der Waals surface area contributed by atoms with Crippen LogP contribution in [-0.4, -0.2) is 19.5 Å². The monoisotopic (exact) mass is 778 g/mol. The van der Waals surface area contributed by atoms with Crippen LogP contribution in [0.15, 0.2) is 206 Å². The average Bonchev–Trinajstić information content (AvgIpc) is 3.81. The average molecular weight is 779 g/mol. The lowest BCUT2D eigenvalue weighted by atomic mass is 9.66. The van der Waals surface area contributed by atoms with Gasteiger partial charge in [0.25, 0.3) is 0 Å². The Labute approximate surface area is 351 Å². The van der Waals surface area contributed by atoms with Crippen LogP contribution in [0.2, 0.25) is 0 Å². The van der Waals surface area contributed by atoms with Crippen LogP contribution in [0.3, 0.4) is 0 Å². The molecule has 9 aromatic carbocycles. The molecule has 1 spiro atoms. The summed E-state index contributed by atoms with van der Waals surface area (Å²) in [6.07, 6.45) is 0. The largest absolute Gasteiger partial charge is 0.457 e. The third kappa shape index (κ3) is 4.86. The van der Waals surface area contributed by atoms with Gasteiger partial charge in [-0.3, -0.25) is 0 Å². The van der Waals surface area contributed by atoms with E-state index in [2.05, 4.69) is 174 Å². The van der Waals surface area contributed by atoms with Gasteiger partial charge in [0.2, 0.25) is 0 Å². The molecule has 0 saturated carbocycles. The third-order valence-electron chi connectivity index (χ3n) is 12.7. The molecule has 0 amide bonds. The summed E-state index contributed by atoms with van der Waals surface area (Å²) in [7, 11) is 0. The van der Waals surface area contributed by atoms with Crippen molar-refractivity contribution in [2.75, 3.05) is 0 Å². The first-order valence-corrected chi connectivity index (χ1v) is 20.7. The second-order valence-corrected chi connectivity index (χ2v) is 15.9. The fourth-order valence-corrected chi connectivity index (χ4v) is 10.1. The van der Waals surface area contributed by atoms with Crippen molar-refractivity contribution >= 4 is 32.6 Å². The molecule has 2 aliphatic rings. The van der Waals surface area contributed by atoms with Gasteiger partial charge in [0, 0.05) is 44.3 Å². The fraction of sp³-hybridized carbons (Fsp3) is 0.0179. The van der Waals surface area contributed by atoms with E-state index in [9.17, 15) is 0 Å². The van der Waals surface area contributed by atoms with E-state index in [0.29, 0.717) is 17.5 Å². The number of benzene rings is 9. The molecule has 0 N–H and O–H groups in total. The van der Waals surface area contributed by atoms with Crippen LogP contribution < -0.4 is 4.74 Å². The maximum absolute atomic E-state index is 6.66. The molecule has 284 valence electrons. The minimum atomic E-state index is -0.587. The van der Waals surface area contributed by atoms with E-state index < -0.39 is 5.41 Å². The predicted octanol–water partition coefficient (Wildman–Crippen LogP) is 13.6. The molecule has 0 fully saturated rings. The summed E-state index contributed by atoms with van der Waals surface area (Å²) in [5.74, 6) is 3.66. The van der Waals surface area contributed by atoms with Gasteiger partial charge in [0.05, 0.1) is 16.4 Å². The van der Waals surface area contributed by atoms with Crippen molar-refractivity contribution in [1.29, 1.82) is 0 Å². The number of ether oxygens (including phenoxy) is 1. The maximum Gasteiger partial charge on any atom is 0.164 e. The van der Waals surface area contributed by atoms with Gasteiger partial charge < -0.3 is 9.30 Å². The highest BCUT2D eigenvalue weighted by atomic mass is 16.5. The summed E-state index contributed by atoms with van der Waals surface area (Å²) in [5, 5.41) is 4.57. The summed E-state index contributed by atoms with van der Waals surface area (Å²) >= 11 is 0. The van der Waals surface area contributed by atoms with Crippen LogP contribution in [0.4, 0.5) is 0 Å². The zero-order valence-electron chi connectivity index (χ0n) is 32.8. The summed E-state index contributed by atoms with van der Waals surface area (Å²) in [6.45, 7) is 0. The molecule has 3 heterocycles. The van der Waals surface area contributed by atoms with Crippen molar-refractivity contribution in [2.24, 2.45) is 0 Å². The van der Waals surface area contributed by atoms with Crippen LogP contribution in [0.5, 0.6) is 11.5 Å². The number of fused-ring (bicyclic) bond motifs is 13. The topological polar surface area (TPSA) is 52.8 Å². The lowest BCUT2D eigenvalue weighted by molar-refractivity contribution is 0.436. The van der Waals surface area contributed by atoms with E-state index >= 15 is 0 Å². The molecule has 11 aromatic rings. The van der Waals surface area contributed by atoms with Gasteiger partial charge in [0.1, 0.15) is 11.5 Å². The number of rotatable bonds is 4. The highest BCUT2D eigenvalue weighted by molar-refractivity contribution is 6.18. The molecule has 0 radical (unpaired) electrons. The Morgan fingerprint density at radius 1 is 0.377 bits per heavy atom. The van der Waals surface area contributed by atoms with Gasteiger partial charge in [-0.2, -0.15) is 0 Å². The molecule has 0 unspecified atom stereocenters. The molecule has 1 aliphatic carbocycles. The predicted molar refractivity (Wildman–Crippen MR) is 245 cm³/mol. The molecule has 0 atom stereocenters.